The number of carbonyl (C=O) groups is 2. The Kier molecular flexibility index (Phi) is 4.97. The molecule has 0 aromatic heterocycles. The number of carbonyl (C=O) groups excluding carboxylic acids is 2. The van der Waals surface area contributed by atoms with Crippen molar-refractivity contribution in [2.24, 2.45) is 5.92 Å². The fourth-order valence-corrected chi connectivity index (χ4v) is 3.12. The zero-order valence-corrected chi connectivity index (χ0v) is 14.2. The third kappa shape index (κ3) is 4.30. The highest BCUT2D eigenvalue weighted by Gasteiger charge is 2.30. The van der Waals surface area contributed by atoms with Crippen LogP contribution in [0.5, 0.6) is 0 Å². The van der Waals surface area contributed by atoms with E-state index in [2.05, 4.69) is 10.6 Å². The van der Waals surface area contributed by atoms with Gasteiger partial charge in [-0.1, -0.05) is 23.2 Å². The minimum Gasteiger partial charge on any atom is -0.335 e. The van der Waals surface area contributed by atoms with Crippen molar-refractivity contribution in [3.63, 3.8) is 0 Å². The minimum atomic E-state index is -0.105. The Hall–Kier alpha value is -1.46. The van der Waals surface area contributed by atoms with E-state index in [0.717, 1.165) is 12.8 Å². The number of halogens is 2. The zero-order valence-electron chi connectivity index (χ0n) is 12.6. The molecule has 2 fully saturated rings. The Balaban J connectivity index is 1.50. The van der Waals surface area contributed by atoms with Gasteiger partial charge < -0.3 is 15.5 Å². The third-order valence-electron chi connectivity index (χ3n) is 4.25. The molecule has 2 N–H and O–H groups in total. The number of likely N-dealkylation sites (tertiary alicyclic amines) is 1. The van der Waals surface area contributed by atoms with E-state index in [4.69, 9.17) is 23.2 Å². The fraction of sp³-hybridized carbons (Fsp3) is 0.500. The molecular weight excluding hydrogens is 337 g/mol. The number of amides is 3. The van der Waals surface area contributed by atoms with Gasteiger partial charge in [-0.2, -0.15) is 0 Å². The molecule has 0 unspecified atom stereocenters. The van der Waals surface area contributed by atoms with Crippen molar-refractivity contribution in [3.8, 4) is 0 Å². The van der Waals surface area contributed by atoms with Crippen LogP contribution in [0, 0.1) is 5.92 Å². The predicted molar refractivity (Wildman–Crippen MR) is 90.9 cm³/mol. The first kappa shape index (κ1) is 16.4. The molecular formula is C16H19Cl2N3O2. The minimum absolute atomic E-state index is 0.00731. The highest BCUT2D eigenvalue weighted by molar-refractivity contribution is 6.36. The van der Waals surface area contributed by atoms with Gasteiger partial charge in [0.15, 0.2) is 0 Å². The van der Waals surface area contributed by atoms with E-state index in [1.807, 2.05) is 0 Å². The number of rotatable bonds is 3. The lowest BCUT2D eigenvalue weighted by Crippen LogP contribution is -2.46. The van der Waals surface area contributed by atoms with Crippen molar-refractivity contribution in [2.75, 3.05) is 18.4 Å². The van der Waals surface area contributed by atoms with Gasteiger partial charge in [0.2, 0.25) is 5.91 Å². The summed E-state index contributed by atoms with van der Waals surface area (Å²) in [5.41, 5.74) is 0.565. The highest BCUT2D eigenvalue weighted by atomic mass is 35.5. The second-order valence-corrected chi connectivity index (χ2v) is 6.94. The number of piperidine rings is 1. The zero-order chi connectivity index (χ0) is 16.4. The molecule has 0 bridgehead atoms. The Morgan fingerprint density at radius 2 is 1.78 bits per heavy atom. The van der Waals surface area contributed by atoms with Crippen molar-refractivity contribution in [1.82, 2.24) is 10.2 Å². The van der Waals surface area contributed by atoms with Crippen molar-refractivity contribution in [1.29, 1.82) is 0 Å². The molecule has 1 aromatic rings. The quantitative estimate of drug-likeness (QED) is 0.871. The Morgan fingerprint density at radius 3 is 2.39 bits per heavy atom. The van der Waals surface area contributed by atoms with Crippen LogP contribution < -0.4 is 10.6 Å². The number of nitrogens with zero attached hydrogens (tertiary/aromatic N) is 1. The van der Waals surface area contributed by atoms with Crippen LogP contribution in [0.25, 0.3) is 0 Å². The molecule has 3 rings (SSSR count). The summed E-state index contributed by atoms with van der Waals surface area (Å²) >= 11 is 11.9. The van der Waals surface area contributed by atoms with E-state index in [1.165, 1.54) is 0 Å². The van der Waals surface area contributed by atoms with E-state index >= 15 is 0 Å². The Morgan fingerprint density at radius 1 is 1.09 bits per heavy atom. The van der Waals surface area contributed by atoms with Crippen molar-refractivity contribution < 1.29 is 9.59 Å². The number of hydrogen-bond donors (Lipinski definition) is 2. The second-order valence-electron chi connectivity index (χ2n) is 6.10. The lowest BCUT2D eigenvalue weighted by Gasteiger charge is -2.31. The van der Waals surface area contributed by atoms with Crippen LogP contribution in [-0.2, 0) is 4.79 Å². The van der Waals surface area contributed by atoms with Gasteiger partial charge in [-0.25, -0.2) is 4.79 Å². The predicted octanol–water partition coefficient (Wildman–Crippen LogP) is 3.52. The average Bonchev–Trinajstić information content (AvgIpc) is 3.34. The molecule has 1 heterocycles. The van der Waals surface area contributed by atoms with E-state index < -0.39 is 0 Å². The molecule has 124 valence electrons. The number of hydrogen-bond acceptors (Lipinski definition) is 2. The number of benzene rings is 1. The van der Waals surface area contributed by atoms with E-state index in [0.29, 0.717) is 47.7 Å². The molecule has 1 aromatic carbocycles. The van der Waals surface area contributed by atoms with Crippen LogP contribution in [0.2, 0.25) is 10.0 Å². The van der Waals surface area contributed by atoms with E-state index in [9.17, 15) is 9.59 Å². The topological polar surface area (TPSA) is 61.4 Å². The first-order chi connectivity index (χ1) is 11.0. The third-order valence-corrected chi connectivity index (χ3v) is 4.79. The van der Waals surface area contributed by atoms with Gasteiger partial charge in [-0.15, -0.1) is 0 Å². The van der Waals surface area contributed by atoms with Gasteiger partial charge in [0, 0.05) is 30.1 Å². The van der Waals surface area contributed by atoms with Crippen molar-refractivity contribution in [2.45, 2.75) is 31.7 Å². The molecule has 0 atom stereocenters. The van der Waals surface area contributed by atoms with E-state index in [1.54, 1.807) is 23.1 Å². The van der Waals surface area contributed by atoms with Gasteiger partial charge >= 0.3 is 6.03 Å². The lowest BCUT2D eigenvalue weighted by atomic mass is 9.96. The van der Waals surface area contributed by atoms with Crippen LogP contribution in [-0.4, -0.2) is 36.0 Å². The largest absolute Gasteiger partial charge is 0.335 e. The summed E-state index contributed by atoms with van der Waals surface area (Å²) in [6.07, 6.45) is 3.48. The van der Waals surface area contributed by atoms with Crippen molar-refractivity contribution in [3.05, 3.63) is 28.2 Å². The Labute approximate surface area is 145 Å². The number of nitrogens with one attached hydrogen (secondary N) is 2. The molecule has 0 spiro atoms. The van der Waals surface area contributed by atoms with Crippen LogP contribution in [0.1, 0.15) is 25.7 Å². The van der Waals surface area contributed by atoms with Crippen LogP contribution >= 0.6 is 23.2 Å². The Bertz CT molecular complexity index is 611. The number of urea groups is 1. The molecule has 0 radical (unpaired) electrons. The average molecular weight is 356 g/mol. The van der Waals surface area contributed by atoms with Gasteiger partial charge in [0.05, 0.1) is 10.7 Å². The highest BCUT2D eigenvalue weighted by Crippen LogP contribution is 2.27. The molecule has 7 heteroatoms. The normalized spacial score (nSPS) is 18.6. The maximum atomic E-state index is 12.3. The van der Waals surface area contributed by atoms with Gasteiger partial charge in [-0.3, -0.25) is 4.79 Å². The summed E-state index contributed by atoms with van der Waals surface area (Å²) in [5, 5.41) is 6.78. The monoisotopic (exact) mass is 355 g/mol. The summed E-state index contributed by atoms with van der Waals surface area (Å²) < 4.78 is 0. The summed E-state index contributed by atoms with van der Waals surface area (Å²) in [7, 11) is 0. The lowest BCUT2D eigenvalue weighted by molar-refractivity contribution is -0.121. The SMILES string of the molecule is O=C(Nc1ccc(Cl)cc1Cl)C1CCN(C(=O)NC2CC2)CC1. The van der Waals surface area contributed by atoms with Gasteiger partial charge in [-0.05, 0) is 43.9 Å². The van der Waals surface area contributed by atoms with Gasteiger partial charge in [0.1, 0.15) is 0 Å². The van der Waals surface area contributed by atoms with Crippen LogP contribution in [0.15, 0.2) is 18.2 Å². The summed E-state index contributed by atoms with van der Waals surface area (Å²) in [6.45, 7) is 1.20. The van der Waals surface area contributed by atoms with Crippen LogP contribution in [0.4, 0.5) is 10.5 Å². The smallest absolute Gasteiger partial charge is 0.317 e. The molecule has 1 saturated carbocycles. The molecule has 2 aliphatic rings. The summed E-state index contributed by atoms with van der Waals surface area (Å²) in [5.74, 6) is -0.164. The fourth-order valence-electron chi connectivity index (χ4n) is 2.66. The molecule has 1 saturated heterocycles. The summed E-state index contributed by atoms with van der Waals surface area (Å²) in [4.78, 5) is 26.1. The first-order valence-corrected chi connectivity index (χ1v) is 8.60. The standard InChI is InChI=1S/C16H19Cl2N3O2/c17-11-1-4-14(13(18)9-11)20-15(22)10-5-7-21(8-6-10)16(23)19-12-2-3-12/h1,4,9-10,12H,2-3,5-8H2,(H,19,23)(H,20,22). The first-order valence-electron chi connectivity index (χ1n) is 7.84. The maximum absolute atomic E-state index is 12.3. The number of anilines is 1. The summed E-state index contributed by atoms with van der Waals surface area (Å²) in [6, 6.07) is 5.33. The van der Waals surface area contributed by atoms with Gasteiger partial charge in [0.25, 0.3) is 0 Å². The van der Waals surface area contributed by atoms with Crippen molar-refractivity contribution >= 4 is 40.8 Å². The molecule has 3 amide bonds. The molecule has 5 nitrogen and oxygen atoms in total. The molecule has 1 aliphatic carbocycles. The molecule has 1 aliphatic heterocycles. The van der Waals surface area contributed by atoms with E-state index in [-0.39, 0.29) is 17.9 Å². The second kappa shape index (κ2) is 6.97. The van der Waals surface area contributed by atoms with Crippen LogP contribution in [0.3, 0.4) is 0 Å². The maximum Gasteiger partial charge on any atom is 0.317 e. The molecule has 23 heavy (non-hydrogen) atoms.